The Morgan fingerprint density at radius 3 is 1.81 bits per heavy atom. The van der Waals surface area contributed by atoms with Gasteiger partial charge in [-0.1, -0.05) is 90.5 Å². The predicted octanol–water partition coefficient (Wildman–Crippen LogP) is 5.58. The average molecular weight is 362 g/mol. The topological polar surface area (TPSA) is 20.3 Å². The lowest BCUT2D eigenvalue weighted by Gasteiger charge is -2.21. The third-order valence-corrected chi connectivity index (χ3v) is 4.40. The molecule has 0 atom stereocenters. The lowest BCUT2D eigenvalue weighted by atomic mass is 10.1. The second-order valence-electron chi connectivity index (χ2n) is 6.02. The van der Waals surface area contributed by atoms with Crippen LogP contribution in [0.3, 0.4) is 0 Å². The molecule has 3 aromatic rings. The fraction of sp³-hybridized carbons (Fsp3) is 0.0870. The molecule has 0 bridgehead atoms. The van der Waals surface area contributed by atoms with E-state index in [2.05, 4.69) is 0 Å². The summed E-state index contributed by atoms with van der Waals surface area (Å²) >= 11 is 6.17. The zero-order valence-corrected chi connectivity index (χ0v) is 15.1. The number of nitrogens with zero attached hydrogens (tertiary/aromatic N) is 1. The monoisotopic (exact) mass is 361 g/mol. The van der Waals surface area contributed by atoms with Gasteiger partial charge in [-0.05, 0) is 28.8 Å². The van der Waals surface area contributed by atoms with Gasteiger partial charge in [-0.3, -0.25) is 4.79 Å². The summed E-state index contributed by atoms with van der Waals surface area (Å²) in [6, 6.07) is 27.5. The fourth-order valence-electron chi connectivity index (χ4n) is 2.70. The van der Waals surface area contributed by atoms with Crippen molar-refractivity contribution in [3.63, 3.8) is 0 Å². The van der Waals surface area contributed by atoms with Gasteiger partial charge in [-0.15, -0.1) is 0 Å². The largest absolute Gasteiger partial charge is 0.331 e. The van der Waals surface area contributed by atoms with Crippen LogP contribution in [0, 0.1) is 0 Å². The van der Waals surface area contributed by atoms with Crippen LogP contribution in [0.2, 0.25) is 5.02 Å². The first-order chi connectivity index (χ1) is 12.7. The third-order valence-electron chi connectivity index (χ3n) is 4.05. The summed E-state index contributed by atoms with van der Waals surface area (Å²) in [7, 11) is 0. The molecule has 0 unspecified atom stereocenters. The van der Waals surface area contributed by atoms with Gasteiger partial charge in [0, 0.05) is 24.2 Å². The number of benzene rings is 3. The Bertz CT molecular complexity index is 833. The Morgan fingerprint density at radius 2 is 1.27 bits per heavy atom. The maximum Gasteiger partial charge on any atom is 0.247 e. The minimum Gasteiger partial charge on any atom is -0.331 e. The number of hydrogen-bond donors (Lipinski definition) is 0. The van der Waals surface area contributed by atoms with E-state index in [1.54, 1.807) is 12.2 Å². The van der Waals surface area contributed by atoms with Crippen molar-refractivity contribution < 1.29 is 4.79 Å². The maximum atomic E-state index is 12.8. The van der Waals surface area contributed by atoms with E-state index in [4.69, 9.17) is 11.6 Å². The van der Waals surface area contributed by atoms with E-state index in [-0.39, 0.29) is 5.91 Å². The second kappa shape index (κ2) is 9.02. The summed E-state index contributed by atoms with van der Waals surface area (Å²) in [5.74, 6) is -0.0439. The highest BCUT2D eigenvalue weighted by atomic mass is 35.5. The van der Waals surface area contributed by atoms with Crippen molar-refractivity contribution in [2.45, 2.75) is 13.1 Å². The first kappa shape index (κ1) is 18.0. The quantitative estimate of drug-likeness (QED) is 0.524. The van der Waals surface area contributed by atoms with Crippen LogP contribution in [-0.4, -0.2) is 10.8 Å². The van der Waals surface area contributed by atoms with Crippen molar-refractivity contribution in [2.24, 2.45) is 0 Å². The normalized spacial score (nSPS) is 10.8. The van der Waals surface area contributed by atoms with Crippen LogP contribution in [0.4, 0.5) is 0 Å². The standard InChI is InChI=1S/C23H20ClNO/c24-22-14-8-7-13-21(22)15-16-23(26)25(17-19-9-3-1-4-10-19)18-20-11-5-2-6-12-20/h1-16H,17-18H2. The zero-order chi connectivity index (χ0) is 18.2. The van der Waals surface area contributed by atoms with Crippen molar-refractivity contribution in [1.82, 2.24) is 4.90 Å². The van der Waals surface area contributed by atoms with Gasteiger partial charge in [0.15, 0.2) is 0 Å². The van der Waals surface area contributed by atoms with E-state index in [0.29, 0.717) is 18.1 Å². The van der Waals surface area contributed by atoms with E-state index < -0.39 is 0 Å². The molecule has 130 valence electrons. The Kier molecular flexibility index (Phi) is 6.24. The number of carbonyl (C=O) groups excluding carboxylic acids is 1. The molecule has 0 spiro atoms. The molecule has 0 aromatic heterocycles. The molecule has 0 N–H and O–H groups in total. The van der Waals surface area contributed by atoms with Crippen LogP contribution in [0.5, 0.6) is 0 Å². The minimum atomic E-state index is -0.0439. The lowest BCUT2D eigenvalue weighted by molar-refractivity contribution is -0.127. The highest BCUT2D eigenvalue weighted by Gasteiger charge is 2.12. The first-order valence-electron chi connectivity index (χ1n) is 8.52. The molecule has 3 heteroatoms. The first-order valence-corrected chi connectivity index (χ1v) is 8.89. The smallest absolute Gasteiger partial charge is 0.247 e. The molecule has 0 heterocycles. The van der Waals surface area contributed by atoms with E-state index >= 15 is 0 Å². The highest BCUT2D eigenvalue weighted by molar-refractivity contribution is 6.32. The van der Waals surface area contributed by atoms with E-state index in [9.17, 15) is 4.79 Å². The predicted molar refractivity (Wildman–Crippen MR) is 108 cm³/mol. The van der Waals surface area contributed by atoms with Crippen molar-refractivity contribution in [3.05, 3.63) is 113 Å². The lowest BCUT2D eigenvalue weighted by Crippen LogP contribution is -2.28. The van der Waals surface area contributed by atoms with Gasteiger partial charge in [0.2, 0.25) is 5.91 Å². The third kappa shape index (κ3) is 5.08. The number of hydrogen-bond acceptors (Lipinski definition) is 1. The molecule has 1 amide bonds. The van der Waals surface area contributed by atoms with Crippen LogP contribution >= 0.6 is 11.6 Å². The van der Waals surface area contributed by atoms with Gasteiger partial charge in [-0.2, -0.15) is 0 Å². The van der Waals surface area contributed by atoms with E-state index in [1.165, 1.54) is 0 Å². The molecule has 26 heavy (non-hydrogen) atoms. The van der Waals surface area contributed by atoms with Gasteiger partial charge >= 0.3 is 0 Å². The molecule has 0 aliphatic rings. The van der Waals surface area contributed by atoms with Crippen LogP contribution in [0.1, 0.15) is 16.7 Å². The summed E-state index contributed by atoms with van der Waals surface area (Å²) in [5, 5.41) is 0.634. The summed E-state index contributed by atoms with van der Waals surface area (Å²) in [4.78, 5) is 14.7. The van der Waals surface area contributed by atoms with Gasteiger partial charge in [0.05, 0.1) is 0 Å². The highest BCUT2D eigenvalue weighted by Crippen LogP contribution is 2.17. The molecule has 0 aliphatic heterocycles. The van der Waals surface area contributed by atoms with Crippen molar-refractivity contribution in [2.75, 3.05) is 0 Å². The molecule has 0 saturated carbocycles. The summed E-state index contributed by atoms with van der Waals surface area (Å²) in [6.45, 7) is 1.11. The van der Waals surface area contributed by atoms with Crippen molar-refractivity contribution in [3.8, 4) is 0 Å². The maximum absolute atomic E-state index is 12.8. The van der Waals surface area contributed by atoms with Gasteiger partial charge in [0.25, 0.3) is 0 Å². The number of amides is 1. The SMILES string of the molecule is O=C(C=Cc1ccccc1Cl)N(Cc1ccccc1)Cc1ccccc1. The fourth-order valence-corrected chi connectivity index (χ4v) is 2.89. The van der Waals surface area contributed by atoms with Crippen LogP contribution in [0.15, 0.2) is 91.0 Å². The molecular formula is C23H20ClNO. The van der Waals surface area contributed by atoms with Gasteiger partial charge < -0.3 is 4.90 Å². The Morgan fingerprint density at radius 1 is 0.769 bits per heavy atom. The second-order valence-corrected chi connectivity index (χ2v) is 6.43. The number of halogens is 1. The van der Waals surface area contributed by atoms with Crippen molar-refractivity contribution >= 4 is 23.6 Å². The molecule has 2 nitrogen and oxygen atoms in total. The van der Waals surface area contributed by atoms with Gasteiger partial charge in [-0.25, -0.2) is 0 Å². The molecule has 0 saturated heterocycles. The van der Waals surface area contributed by atoms with Crippen molar-refractivity contribution in [1.29, 1.82) is 0 Å². The van der Waals surface area contributed by atoms with E-state index in [1.807, 2.05) is 89.8 Å². The molecule has 0 radical (unpaired) electrons. The number of carbonyl (C=O) groups is 1. The Hall–Kier alpha value is -2.84. The molecule has 0 aliphatic carbocycles. The minimum absolute atomic E-state index is 0.0439. The zero-order valence-electron chi connectivity index (χ0n) is 14.4. The summed E-state index contributed by atoms with van der Waals surface area (Å²) in [6.07, 6.45) is 3.36. The average Bonchev–Trinajstić information content (AvgIpc) is 2.68. The Balaban J connectivity index is 1.79. The molecule has 3 rings (SSSR count). The van der Waals surface area contributed by atoms with Crippen LogP contribution in [0.25, 0.3) is 6.08 Å². The van der Waals surface area contributed by atoms with Gasteiger partial charge in [0.1, 0.15) is 0 Å². The summed E-state index contributed by atoms with van der Waals surface area (Å²) in [5.41, 5.74) is 3.03. The summed E-state index contributed by atoms with van der Waals surface area (Å²) < 4.78 is 0. The molecule has 0 fully saturated rings. The molecule has 3 aromatic carbocycles. The Labute approximate surface area is 159 Å². The number of rotatable bonds is 6. The van der Waals surface area contributed by atoms with E-state index in [0.717, 1.165) is 16.7 Å². The van der Waals surface area contributed by atoms with Crippen LogP contribution in [-0.2, 0) is 17.9 Å². The van der Waals surface area contributed by atoms with Crippen LogP contribution < -0.4 is 0 Å². The molecular weight excluding hydrogens is 342 g/mol.